The van der Waals surface area contributed by atoms with Crippen molar-refractivity contribution in [2.45, 2.75) is 36.1 Å². The van der Waals surface area contributed by atoms with Crippen LogP contribution in [0.15, 0.2) is 103 Å². The summed E-state index contributed by atoms with van der Waals surface area (Å²) in [7, 11) is 2.31. The number of nitrogens with two attached hydrogens (primary N) is 1. The number of amides is 2. The van der Waals surface area contributed by atoms with Crippen molar-refractivity contribution in [3.63, 3.8) is 0 Å². The fourth-order valence-electron chi connectivity index (χ4n) is 8.47. The lowest BCUT2D eigenvalue weighted by Gasteiger charge is -2.46. The highest BCUT2D eigenvalue weighted by Crippen LogP contribution is 2.65. The third-order valence-corrected chi connectivity index (χ3v) is 10.7. The summed E-state index contributed by atoms with van der Waals surface area (Å²) in [5.74, 6) is -0.433. The molecule has 0 aliphatic carbocycles. The largest absolute Gasteiger partial charge is 0.491 e. The number of carbonyl (C=O) groups excluding carboxylic acids is 5. The fraction of sp³-hybridized carbons (Fsp3) is 0.279. The van der Waals surface area contributed by atoms with Gasteiger partial charge in [-0.05, 0) is 41.0 Å². The molecule has 2 amide bonds. The van der Waals surface area contributed by atoms with E-state index in [0.717, 1.165) is 19.8 Å². The van der Waals surface area contributed by atoms with Crippen LogP contribution in [0.4, 0.5) is 5.69 Å². The molecular formula is C43H39N3O10. The molecule has 3 heterocycles. The molecule has 7 rings (SSSR count). The summed E-state index contributed by atoms with van der Waals surface area (Å²) in [6, 6.07) is 27.4. The number of cyclic esters (lactones) is 1. The number of esters is 3. The minimum Gasteiger partial charge on any atom is -0.491 e. The Hall–Kier alpha value is -6.49. The molecule has 0 aromatic heterocycles. The first-order valence-corrected chi connectivity index (χ1v) is 18.0. The van der Waals surface area contributed by atoms with E-state index in [-0.39, 0.29) is 19.6 Å². The lowest BCUT2D eigenvalue weighted by molar-refractivity contribution is -0.178. The normalized spacial score (nSPS) is 23.6. The molecule has 4 aromatic rings. The molecule has 2 saturated heterocycles. The van der Waals surface area contributed by atoms with E-state index in [1.54, 1.807) is 42.5 Å². The van der Waals surface area contributed by atoms with Crippen molar-refractivity contribution in [2.24, 2.45) is 17.6 Å². The van der Waals surface area contributed by atoms with E-state index in [2.05, 4.69) is 17.2 Å². The van der Waals surface area contributed by atoms with Crippen molar-refractivity contribution in [2.75, 3.05) is 32.8 Å². The number of nitrogens with one attached hydrogen (secondary N) is 1. The Labute approximate surface area is 322 Å². The molecule has 0 radical (unpaired) electrons. The molecule has 3 aliphatic heterocycles. The molecule has 0 saturated carbocycles. The van der Waals surface area contributed by atoms with Gasteiger partial charge < -0.3 is 35.1 Å². The minimum absolute atomic E-state index is 0.0726. The highest BCUT2D eigenvalue weighted by molar-refractivity contribution is 6.12. The van der Waals surface area contributed by atoms with Crippen LogP contribution in [-0.4, -0.2) is 73.2 Å². The maximum Gasteiger partial charge on any atom is 0.324 e. The van der Waals surface area contributed by atoms with E-state index in [1.165, 1.54) is 0 Å². The van der Waals surface area contributed by atoms with Crippen LogP contribution in [0.1, 0.15) is 52.4 Å². The third-order valence-electron chi connectivity index (χ3n) is 10.7. The van der Waals surface area contributed by atoms with E-state index in [1.807, 2.05) is 65.6 Å². The maximum absolute atomic E-state index is 15.0. The molecule has 286 valence electrons. The summed E-state index contributed by atoms with van der Waals surface area (Å²) >= 11 is 0. The predicted octanol–water partition coefficient (Wildman–Crippen LogP) is 3.52. The number of aliphatic hydroxyl groups is 1. The lowest BCUT2D eigenvalue weighted by Crippen LogP contribution is -2.53. The number of para-hydroxylation sites is 1. The van der Waals surface area contributed by atoms with Crippen molar-refractivity contribution in [1.82, 2.24) is 4.90 Å². The average molecular weight is 758 g/mol. The number of ether oxygens (including phenoxy) is 4. The van der Waals surface area contributed by atoms with Crippen molar-refractivity contribution < 1.29 is 48.0 Å². The number of rotatable bonds is 10. The van der Waals surface area contributed by atoms with Gasteiger partial charge >= 0.3 is 17.9 Å². The van der Waals surface area contributed by atoms with Gasteiger partial charge in [0, 0.05) is 23.2 Å². The number of anilines is 1. The molecule has 4 N–H and O–H groups in total. The second kappa shape index (κ2) is 15.7. The molecular weight excluding hydrogens is 718 g/mol. The molecule has 13 nitrogen and oxygen atoms in total. The summed E-state index contributed by atoms with van der Waals surface area (Å²) in [6.07, 6.45) is -1.10. The zero-order chi connectivity index (χ0) is 39.6. The van der Waals surface area contributed by atoms with Crippen LogP contribution in [0.5, 0.6) is 5.75 Å². The molecule has 6 atom stereocenters. The average Bonchev–Trinajstić information content (AvgIpc) is 3.70. The lowest BCUT2D eigenvalue weighted by atomic mass is 9.65. The topological polar surface area (TPSA) is 184 Å². The highest BCUT2D eigenvalue weighted by atomic mass is 16.6. The molecule has 13 heteroatoms. The Morgan fingerprint density at radius 2 is 1.54 bits per heavy atom. The molecule has 3 aliphatic rings. The molecule has 0 bridgehead atoms. The summed E-state index contributed by atoms with van der Waals surface area (Å²) in [5, 5.41) is 12.8. The van der Waals surface area contributed by atoms with Crippen LogP contribution >= 0.6 is 0 Å². The Bertz CT molecular complexity index is 2220. The Kier molecular flexibility index (Phi) is 10.6. The number of aliphatic hydroxyl groups excluding tert-OH is 1. The third kappa shape index (κ3) is 6.32. The Balaban J connectivity index is 1.49. The van der Waals surface area contributed by atoms with Crippen LogP contribution in [0, 0.1) is 23.7 Å². The summed E-state index contributed by atoms with van der Waals surface area (Å²) in [6.45, 7) is -0.371. The van der Waals surface area contributed by atoms with Gasteiger partial charge in [0.05, 0.1) is 38.8 Å². The molecule has 56 heavy (non-hydrogen) atoms. The number of primary amides is 1. The first-order chi connectivity index (χ1) is 27.2. The van der Waals surface area contributed by atoms with Gasteiger partial charge in [0.2, 0.25) is 11.8 Å². The van der Waals surface area contributed by atoms with E-state index in [0.29, 0.717) is 33.7 Å². The summed E-state index contributed by atoms with van der Waals surface area (Å²) < 4.78 is 21.9. The van der Waals surface area contributed by atoms with Gasteiger partial charge in [0.1, 0.15) is 29.9 Å². The van der Waals surface area contributed by atoms with Crippen LogP contribution in [0.25, 0.3) is 0 Å². The number of fused-ring (bicyclic) bond motifs is 3. The highest BCUT2D eigenvalue weighted by Gasteiger charge is 2.74. The monoisotopic (exact) mass is 757 g/mol. The summed E-state index contributed by atoms with van der Waals surface area (Å²) in [5.41, 5.74) is 7.49. The standard InChI is InChI=1S/C43H39N3O10/c1-53-39(49)29(40(50)54-2)18-11-12-25-20-21-31-30(24-25)43(42(52)45-31)33(38(44)48)35-41(51)56-36(27-15-7-4-8-16-27)34(26-13-5-3-6-14-26)46(35)37(43)28-17-9-10-19-32(28)55-23-22-47/h3-10,13-17,19-21,24,29,33-37,47H,18,22-23H2,1-2H3,(H2,44,48)(H,45,52)/t33-,34-,35-,36+,37+,43-/m0/s1. The molecule has 0 unspecified atom stereocenters. The van der Waals surface area contributed by atoms with Crippen molar-refractivity contribution in [1.29, 1.82) is 0 Å². The quantitative estimate of drug-likeness (QED) is 0.0932. The van der Waals surface area contributed by atoms with Crippen molar-refractivity contribution >= 4 is 35.4 Å². The number of hydrogen-bond acceptors (Lipinski definition) is 11. The van der Waals surface area contributed by atoms with Crippen LogP contribution in [-0.2, 0) is 43.6 Å². The second-order valence-electron chi connectivity index (χ2n) is 13.6. The zero-order valence-corrected chi connectivity index (χ0v) is 30.5. The minimum atomic E-state index is -1.86. The molecule has 4 aromatic carbocycles. The first kappa shape index (κ1) is 37.8. The SMILES string of the molecule is COC(=O)C(CC#Cc1ccc2c(c1)[C@]1(C(=O)N2)[C@H](C(N)=O)[C@H]2C(=O)O[C@H](c3ccccc3)[C@H](c3ccccc3)N2[C@@H]1c1ccccc1OCCO)C(=O)OC. The van der Waals surface area contributed by atoms with Crippen molar-refractivity contribution in [3.05, 3.63) is 131 Å². The van der Waals surface area contributed by atoms with E-state index in [9.17, 15) is 24.3 Å². The Morgan fingerprint density at radius 3 is 2.18 bits per heavy atom. The predicted molar refractivity (Wildman–Crippen MR) is 200 cm³/mol. The van der Waals surface area contributed by atoms with Crippen LogP contribution in [0.3, 0.4) is 0 Å². The summed E-state index contributed by atoms with van der Waals surface area (Å²) in [4.78, 5) is 70.3. The van der Waals surface area contributed by atoms with Gasteiger partial charge in [-0.3, -0.25) is 28.9 Å². The smallest absolute Gasteiger partial charge is 0.324 e. The van der Waals surface area contributed by atoms with Gasteiger partial charge in [-0.15, -0.1) is 0 Å². The van der Waals surface area contributed by atoms with E-state index in [4.69, 9.17) is 24.7 Å². The van der Waals surface area contributed by atoms with Gasteiger partial charge in [0.25, 0.3) is 0 Å². The van der Waals surface area contributed by atoms with Crippen molar-refractivity contribution in [3.8, 4) is 17.6 Å². The van der Waals surface area contributed by atoms with Gasteiger partial charge in [-0.2, -0.15) is 0 Å². The fourth-order valence-corrected chi connectivity index (χ4v) is 8.47. The number of methoxy groups -OCH3 is 2. The Morgan fingerprint density at radius 1 is 0.893 bits per heavy atom. The van der Waals surface area contributed by atoms with Crippen LogP contribution in [0.2, 0.25) is 0 Å². The number of carbonyl (C=O) groups is 5. The van der Waals surface area contributed by atoms with Gasteiger partial charge in [-0.25, -0.2) is 0 Å². The van der Waals surface area contributed by atoms with E-state index >= 15 is 4.79 Å². The van der Waals surface area contributed by atoms with Crippen LogP contribution < -0.4 is 15.8 Å². The second-order valence-corrected chi connectivity index (χ2v) is 13.6. The zero-order valence-electron chi connectivity index (χ0n) is 30.5. The first-order valence-electron chi connectivity index (χ1n) is 18.0. The van der Waals surface area contributed by atoms with Gasteiger partial charge in [-0.1, -0.05) is 90.7 Å². The molecule has 2 fully saturated rings. The molecule has 1 spiro atoms. The number of morpholine rings is 1. The van der Waals surface area contributed by atoms with E-state index < -0.39 is 71.2 Å². The maximum atomic E-state index is 15.0. The number of benzene rings is 4. The number of hydrogen-bond donors (Lipinski definition) is 3. The number of nitrogens with zero attached hydrogens (tertiary/aromatic N) is 1. The van der Waals surface area contributed by atoms with Gasteiger partial charge in [0.15, 0.2) is 5.92 Å².